The molecule has 0 aliphatic carbocycles. The van der Waals surface area contributed by atoms with E-state index in [4.69, 9.17) is 5.84 Å². The fourth-order valence-corrected chi connectivity index (χ4v) is 1.69. The molecule has 0 aliphatic heterocycles. The molecule has 7 heteroatoms. The molecule has 0 atom stereocenters. The predicted molar refractivity (Wildman–Crippen MR) is 67.9 cm³/mol. The van der Waals surface area contributed by atoms with Gasteiger partial charge >= 0.3 is 0 Å². The van der Waals surface area contributed by atoms with Gasteiger partial charge in [-0.25, -0.2) is 19.6 Å². The van der Waals surface area contributed by atoms with Crippen LogP contribution < -0.4 is 16.6 Å². The molecule has 1 aromatic carbocycles. The Morgan fingerprint density at radius 1 is 1.37 bits per heavy atom. The standard InChI is InChI=1S/C12H12F2N4O/c13-10(14)6-16-12(19)9-5-7-3-1-2-4-8(7)11(17-9)18-15/h1-5,10H,6,15H2,(H,16,19)(H,17,18). The summed E-state index contributed by atoms with van der Waals surface area (Å²) in [6, 6.07) is 8.70. The van der Waals surface area contributed by atoms with E-state index < -0.39 is 18.9 Å². The van der Waals surface area contributed by atoms with Crippen LogP contribution in [0.2, 0.25) is 0 Å². The number of halogens is 2. The van der Waals surface area contributed by atoms with Gasteiger partial charge in [-0.1, -0.05) is 24.3 Å². The van der Waals surface area contributed by atoms with Gasteiger partial charge in [0.15, 0.2) is 0 Å². The summed E-state index contributed by atoms with van der Waals surface area (Å²) in [7, 11) is 0. The zero-order valence-corrected chi connectivity index (χ0v) is 9.86. The highest BCUT2D eigenvalue weighted by atomic mass is 19.3. The number of hydrogen-bond acceptors (Lipinski definition) is 4. The van der Waals surface area contributed by atoms with Crippen LogP contribution >= 0.6 is 0 Å². The van der Waals surface area contributed by atoms with Crippen LogP contribution in [-0.2, 0) is 0 Å². The van der Waals surface area contributed by atoms with Gasteiger partial charge in [0.05, 0.1) is 6.54 Å². The van der Waals surface area contributed by atoms with Crippen molar-refractivity contribution in [2.75, 3.05) is 12.0 Å². The smallest absolute Gasteiger partial charge is 0.270 e. The maximum Gasteiger partial charge on any atom is 0.270 e. The van der Waals surface area contributed by atoms with E-state index >= 15 is 0 Å². The zero-order valence-electron chi connectivity index (χ0n) is 9.86. The van der Waals surface area contributed by atoms with Crippen molar-refractivity contribution >= 4 is 22.5 Å². The molecule has 0 aliphatic rings. The number of alkyl halides is 2. The molecule has 0 saturated heterocycles. The van der Waals surface area contributed by atoms with E-state index in [0.717, 1.165) is 10.8 Å². The SMILES string of the molecule is NNc1nc(C(=O)NCC(F)F)cc2ccccc12. The number of amides is 1. The van der Waals surface area contributed by atoms with Gasteiger partial charge in [-0.05, 0) is 11.5 Å². The van der Waals surface area contributed by atoms with Gasteiger partial charge in [-0.15, -0.1) is 0 Å². The number of carbonyl (C=O) groups excluding carboxylic acids is 1. The second-order valence-electron chi connectivity index (χ2n) is 3.82. The van der Waals surface area contributed by atoms with Gasteiger partial charge in [-0.3, -0.25) is 4.79 Å². The molecule has 0 spiro atoms. The number of fused-ring (bicyclic) bond motifs is 1. The molecule has 1 heterocycles. The number of benzene rings is 1. The van der Waals surface area contributed by atoms with Crippen LogP contribution in [0.5, 0.6) is 0 Å². The van der Waals surface area contributed by atoms with Gasteiger partial charge in [0, 0.05) is 5.39 Å². The lowest BCUT2D eigenvalue weighted by Crippen LogP contribution is -2.29. The average molecular weight is 266 g/mol. The minimum atomic E-state index is -2.60. The van der Waals surface area contributed by atoms with Crippen molar-refractivity contribution in [2.45, 2.75) is 6.43 Å². The van der Waals surface area contributed by atoms with E-state index in [0.29, 0.717) is 5.82 Å². The number of nitrogen functional groups attached to an aromatic ring is 1. The molecular formula is C12H12F2N4O. The summed E-state index contributed by atoms with van der Waals surface area (Å²) in [6.07, 6.45) is -2.60. The van der Waals surface area contributed by atoms with Crippen LogP contribution in [0.4, 0.5) is 14.6 Å². The lowest BCUT2D eigenvalue weighted by molar-refractivity contribution is 0.0887. The quantitative estimate of drug-likeness (QED) is 0.579. The highest BCUT2D eigenvalue weighted by Gasteiger charge is 2.13. The van der Waals surface area contributed by atoms with Crippen LogP contribution in [-0.4, -0.2) is 23.9 Å². The Bertz CT molecular complexity index is 603. The van der Waals surface area contributed by atoms with E-state index in [1.165, 1.54) is 6.07 Å². The van der Waals surface area contributed by atoms with Gasteiger partial charge < -0.3 is 10.7 Å². The maximum absolute atomic E-state index is 12.0. The van der Waals surface area contributed by atoms with Crippen molar-refractivity contribution < 1.29 is 13.6 Å². The Morgan fingerprint density at radius 2 is 2.11 bits per heavy atom. The van der Waals surface area contributed by atoms with Crippen molar-refractivity contribution in [1.29, 1.82) is 0 Å². The molecule has 2 aromatic rings. The average Bonchev–Trinajstić information content (AvgIpc) is 2.43. The monoisotopic (exact) mass is 266 g/mol. The van der Waals surface area contributed by atoms with Gasteiger partial charge in [0.25, 0.3) is 12.3 Å². The van der Waals surface area contributed by atoms with Crippen molar-refractivity contribution in [1.82, 2.24) is 10.3 Å². The van der Waals surface area contributed by atoms with Crippen molar-refractivity contribution in [3.05, 3.63) is 36.0 Å². The molecular weight excluding hydrogens is 254 g/mol. The number of nitrogens with zero attached hydrogens (tertiary/aromatic N) is 1. The van der Waals surface area contributed by atoms with Crippen molar-refractivity contribution in [3.8, 4) is 0 Å². The highest BCUT2D eigenvalue weighted by molar-refractivity contribution is 6.00. The molecule has 5 nitrogen and oxygen atoms in total. The van der Waals surface area contributed by atoms with Gasteiger partial charge in [0.1, 0.15) is 11.5 Å². The van der Waals surface area contributed by atoms with Gasteiger partial charge in [-0.2, -0.15) is 0 Å². The Balaban J connectivity index is 2.36. The fraction of sp³-hybridized carbons (Fsp3) is 0.167. The third kappa shape index (κ3) is 2.94. The number of carbonyl (C=O) groups is 1. The van der Waals surface area contributed by atoms with E-state index in [2.05, 4.69) is 15.7 Å². The molecule has 1 amide bonds. The number of anilines is 1. The Hall–Kier alpha value is -2.28. The van der Waals surface area contributed by atoms with Crippen LogP contribution in [0.3, 0.4) is 0 Å². The molecule has 1 aromatic heterocycles. The third-order valence-corrected chi connectivity index (χ3v) is 2.53. The number of nitrogens with one attached hydrogen (secondary N) is 2. The highest BCUT2D eigenvalue weighted by Crippen LogP contribution is 2.21. The number of hydrazine groups is 1. The normalized spacial score (nSPS) is 10.7. The molecule has 0 saturated carbocycles. The van der Waals surface area contributed by atoms with E-state index in [1.807, 2.05) is 0 Å². The molecule has 0 bridgehead atoms. The van der Waals surface area contributed by atoms with Crippen molar-refractivity contribution in [2.24, 2.45) is 5.84 Å². The van der Waals surface area contributed by atoms with Crippen LogP contribution in [0.25, 0.3) is 10.8 Å². The summed E-state index contributed by atoms with van der Waals surface area (Å²) in [5.74, 6) is 5.00. The summed E-state index contributed by atoms with van der Waals surface area (Å²) in [5, 5.41) is 3.58. The Kier molecular flexibility index (Phi) is 3.86. The molecule has 0 fully saturated rings. The van der Waals surface area contributed by atoms with E-state index in [9.17, 15) is 13.6 Å². The fourth-order valence-electron chi connectivity index (χ4n) is 1.69. The minimum absolute atomic E-state index is 0.0345. The summed E-state index contributed by atoms with van der Waals surface area (Å²) < 4.78 is 24.1. The molecule has 19 heavy (non-hydrogen) atoms. The molecule has 2 rings (SSSR count). The summed E-state index contributed by atoms with van der Waals surface area (Å²) in [6.45, 7) is -0.710. The third-order valence-electron chi connectivity index (χ3n) is 2.53. The van der Waals surface area contributed by atoms with Gasteiger partial charge in [0.2, 0.25) is 0 Å². The number of nitrogens with two attached hydrogens (primary N) is 1. The second-order valence-corrected chi connectivity index (χ2v) is 3.82. The van der Waals surface area contributed by atoms with E-state index in [1.54, 1.807) is 24.3 Å². The van der Waals surface area contributed by atoms with Crippen LogP contribution in [0.15, 0.2) is 30.3 Å². The lowest BCUT2D eigenvalue weighted by atomic mass is 10.1. The minimum Gasteiger partial charge on any atom is -0.345 e. The first-order chi connectivity index (χ1) is 9.11. The summed E-state index contributed by atoms with van der Waals surface area (Å²) in [5.41, 5.74) is 2.43. The topological polar surface area (TPSA) is 80.0 Å². The maximum atomic E-state index is 12.0. The lowest BCUT2D eigenvalue weighted by Gasteiger charge is -2.09. The predicted octanol–water partition coefficient (Wildman–Crippen LogP) is 1.52. The first-order valence-corrected chi connectivity index (χ1v) is 5.54. The number of pyridine rings is 1. The molecule has 0 radical (unpaired) electrons. The summed E-state index contributed by atoms with van der Waals surface area (Å²) >= 11 is 0. The van der Waals surface area contributed by atoms with E-state index in [-0.39, 0.29) is 5.69 Å². The number of aromatic nitrogens is 1. The van der Waals surface area contributed by atoms with Crippen LogP contribution in [0, 0.1) is 0 Å². The first-order valence-electron chi connectivity index (χ1n) is 5.54. The first kappa shape index (κ1) is 13.2. The second kappa shape index (κ2) is 5.57. The van der Waals surface area contributed by atoms with Crippen molar-refractivity contribution in [3.63, 3.8) is 0 Å². The Labute approximate surface area is 107 Å². The largest absolute Gasteiger partial charge is 0.345 e. The Morgan fingerprint density at radius 3 is 2.79 bits per heavy atom. The zero-order chi connectivity index (χ0) is 13.8. The molecule has 0 unspecified atom stereocenters. The molecule has 4 N–H and O–H groups in total. The number of hydrogen-bond donors (Lipinski definition) is 3. The van der Waals surface area contributed by atoms with Crippen LogP contribution in [0.1, 0.15) is 10.5 Å². The summed E-state index contributed by atoms with van der Waals surface area (Å²) in [4.78, 5) is 15.7. The molecule has 100 valence electrons. The number of rotatable bonds is 4.